The summed E-state index contributed by atoms with van der Waals surface area (Å²) in [7, 11) is 0. The fourth-order valence-corrected chi connectivity index (χ4v) is 4.09. The van der Waals surface area contributed by atoms with Crippen molar-refractivity contribution in [3.8, 4) is 11.4 Å². The summed E-state index contributed by atoms with van der Waals surface area (Å²) in [4.78, 5) is 15.9. The van der Waals surface area contributed by atoms with Crippen LogP contribution in [0.4, 0.5) is 10.2 Å². The molecule has 4 heterocycles. The molecule has 0 aliphatic carbocycles. The predicted octanol–water partition coefficient (Wildman–Crippen LogP) is 4.13. The van der Waals surface area contributed by atoms with Gasteiger partial charge in [0.1, 0.15) is 16.8 Å². The molecule has 32 heavy (non-hydrogen) atoms. The molecule has 0 bridgehead atoms. The maximum atomic E-state index is 13.5. The number of rotatable bonds is 6. The molecule has 3 N–H and O–H groups in total. The summed E-state index contributed by atoms with van der Waals surface area (Å²) in [5.74, 6) is 0.455. The first-order valence-electron chi connectivity index (χ1n) is 10.5. The Hall–Kier alpha value is -3.07. The van der Waals surface area contributed by atoms with Crippen molar-refractivity contribution in [1.82, 2.24) is 25.3 Å². The Morgan fingerprint density at radius 3 is 2.97 bits per heavy atom. The molecule has 164 valence electrons. The summed E-state index contributed by atoms with van der Waals surface area (Å²) in [5.41, 5.74) is 4.01. The highest BCUT2D eigenvalue weighted by Crippen LogP contribution is 2.25. The zero-order valence-corrected chi connectivity index (χ0v) is 18.0. The van der Waals surface area contributed by atoms with Gasteiger partial charge in [0, 0.05) is 48.0 Å². The van der Waals surface area contributed by atoms with Crippen molar-refractivity contribution in [3.63, 3.8) is 0 Å². The Morgan fingerprint density at radius 2 is 2.12 bits per heavy atom. The van der Waals surface area contributed by atoms with Crippen molar-refractivity contribution in [1.29, 1.82) is 0 Å². The SMILES string of the molecule is Fc1cncc(-c2nc(Cl)cc(NCCc3c[nH]c4cc(C5COCCN5)ccc34)n2)c1. The van der Waals surface area contributed by atoms with Gasteiger partial charge >= 0.3 is 0 Å². The molecule has 1 fully saturated rings. The molecule has 9 heteroatoms. The zero-order chi connectivity index (χ0) is 21.9. The molecule has 3 aromatic heterocycles. The third-order valence-corrected chi connectivity index (χ3v) is 5.67. The lowest BCUT2D eigenvalue weighted by Crippen LogP contribution is -2.34. The van der Waals surface area contributed by atoms with Gasteiger partial charge in [0.2, 0.25) is 0 Å². The zero-order valence-electron chi connectivity index (χ0n) is 17.2. The normalized spacial score (nSPS) is 16.4. The number of morpholine rings is 1. The molecule has 1 atom stereocenters. The molecule has 4 aromatic rings. The van der Waals surface area contributed by atoms with E-state index < -0.39 is 5.82 Å². The number of pyridine rings is 1. The molecule has 1 saturated heterocycles. The number of aromatic nitrogens is 4. The van der Waals surface area contributed by atoms with E-state index in [1.165, 1.54) is 28.8 Å². The number of H-pyrrole nitrogens is 1. The van der Waals surface area contributed by atoms with Gasteiger partial charge < -0.3 is 20.4 Å². The van der Waals surface area contributed by atoms with Crippen LogP contribution in [0.15, 0.2) is 48.9 Å². The molecule has 1 unspecified atom stereocenters. The van der Waals surface area contributed by atoms with E-state index >= 15 is 0 Å². The highest BCUT2D eigenvalue weighted by atomic mass is 35.5. The van der Waals surface area contributed by atoms with Crippen molar-refractivity contribution < 1.29 is 9.13 Å². The van der Waals surface area contributed by atoms with E-state index in [2.05, 4.69) is 48.8 Å². The number of fused-ring (bicyclic) bond motifs is 1. The number of hydrogen-bond donors (Lipinski definition) is 3. The number of nitrogens with zero attached hydrogens (tertiary/aromatic N) is 3. The number of nitrogens with one attached hydrogen (secondary N) is 3. The van der Waals surface area contributed by atoms with E-state index in [9.17, 15) is 4.39 Å². The average molecular weight is 453 g/mol. The number of benzene rings is 1. The molecule has 1 aliphatic heterocycles. The fraction of sp³-hybridized carbons (Fsp3) is 0.261. The molecular formula is C23H22ClFN6O. The maximum absolute atomic E-state index is 13.5. The molecule has 0 amide bonds. The largest absolute Gasteiger partial charge is 0.378 e. The number of halogens is 2. The van der Waals surface area contributed by atoms with Crippen LogP contribution in [0.25, 0.3) is 22.3 Å². The molecule has 1 aliphatic rings. The first-order chi connectivity index (χ1) is 15.7. The minimum atomic E-state index is -0.449. The second-order valence-corrected chi connectivity index (χ2v) is 8.06. The van der Waals surface area contributed by atoms with Gasteiger partial charge in [0.25, 0.3) is 0 Å². The van der Waals surface area contributed by atoms with Gasteiger partial charge in [-0.2, -0.15) is 0 Å². The molecule has 0 spiro atoms. The molecular weight excluding hydrogens is 431 g/mol. The molecule has 0 radical (unpaired) electrons. The van der Waals surface area contributed by atoms with E-state index in [-0.39, 0.29) is 11.2 Å². The number of anilines is 1. The summed E-state index contributed by atoms with van der Waals surface area (Å²) in [6.07, 6.45) is 5.48. The van der Waals surface area contributed by atoms with Crippen molar-refractivity contribution in [2.45, 2.75) is 12.5 Å². The second-order valence-electron chi connectivity index (χ2n) is 7.67. The van der Waals surface area contributed by atoms with Crippen molar-refractivity contribution in [2.75, 3.05) is 31.6 Å². The minimum absolute atomic E-state index is 0.228. The lowest BCUT2D eigenvalue weighted by Gasteiger charge is -2.24. The summed E-state index contributed by atoms with van der Waals surface area (Å²) in [6.45, 7) is 2.98. The maximum Gasteiger partial charge on any atom is 0.164 e. The summed E-state index contributed by atoms with van der Waals surface area (Å²) in [5, 5.41) is 8.25. The predicted molar refractivity (Wildman–Crippen MR) is 122 cm³/mol. The topological polar surface area (TPSA) is 87.8 Å². The second kappa shape index (κ2) is 9.20. The van der Waals surface area contributed by atoms with Crippen molar-refractivity contribution in [3.05, 3.63) is 71.0 Å². The lowest BCUT2D eigenvalue weighted by molar-refractivity contribution is 0.0769. The quantitative estimate of drug-likeness (QED) is 0.381. The van der Waals surface area contributed by atoms with Crippen LogP contribution in [0.3, 0.4) is 0 Å². The van der Waals surface area contributed by atoms with E-state index in [0.29, 0.717) is 30.4 Å². The van der Waals surface area contributed by atoms with Gasteiger partial charge in [-0.3, -0.25) is 4.98 Å². The smallest absolute Gasteiger partial charge is 0.164 e. The van der Waals surface area contributed by atoms with Crippen LogP contribution < -0.4 is 10.6 Å². The van der Waals surface area contributed by atoms with Crippen LogP contribution >= 0.6 is 11.6 Å². The van der Waals surface area contributed by atoms with Crippen molar-refractivity contribution >= 4 is 28.3 Å². The third-order valence-electron chi connectivity index (χ3n) is 5.47. The Balaban J connectivity index is 1.27. The number of hydrogen-bond acceptors (Lipinski definition) is 6. The molecule has 0 saturated carbocycles. The minimum Gasteiger partial charge on any atom is -0.378 e. The molecule has 5 rings (SSSR count). The Kier molecular flexibility index (Phi) is 5.98. The highest BCUT2D eigenvalue weighted by molar-refractivity contribution is 6.29. The summed E-state index contributed by atoms with van der Waals surface area (Å²) >= 11 is 6.15. The highest BCUT2D eigenvalue weighted by Gasteiger charge is 2.16. The number of aromatic amines is 1. The summed E-state index contributed by atoms with van der Waals surface area (Å²) < 4.78 is 19.1. The first kappa shape index (κ1) is 20.8. The van der Waals surface area contributed by atoms with Crippen molar-refractivity contribution in [2.24, 2.45) is 0 Å². The fourth-order valence-electron chi connectivity index (χ4n) is 3.90. The van der Waals surface area contributed by atoms with E-state index in [0.717, 1.165) is 31.3 Å². The van der Waals surface area contributed by atoms with Gasteiger partial charge in [0.05, 0.1) is 25.5 Å². The van der Waals surface area contributed by atoms with Gasteiger partial charge in [-0.1, -0.05) is 23.7 Å². The third kappa shape index (κ3) is 4.57. The van der Waals surface area contributed by atoms with Gasteiger partial charge in [0.15, 0.2) is 5.82 Å². The van der Waals surface area contributed by atoms with E-state index in [1.54, 1.807) is 6.07 Å². The average Bonchev–Trinajstić information content (AvgIpc) is 3.21. The van der Waals surface area contributed by atoms with E-state index in [1.807, 2.05) is 6.20 Å². The van der Waals surface area contributed by atoms with Crippen LogP contribution in [0.2, 0.25) is 5.15 Å². The standard InChI is InChI=1S/C23H22ClFN6O/c24-21-9-22(31-23(30-21)16-7-17(25)12-26-10-16)28-4-3-15-11-29-19-8-14(1-2-18(15)19)20-13-32-6-5-27-20/h1-2,7-12,20,27,29H,3-6,13H2,(H,28,30,31). The van der Waals surface area contributed by atoms with Gasteiger partial charge in [-0.25, -0.2) is 14.4 Å². The van der Waals surface area contributed by atoms with E-state index in [4.69, 9.17) is 16.3 Å². The number of ether oxygens (including phenoxy) is 1. The summed E-state index contributed by atoms with van der Waals surface area (Å²) in [6, 6.07) is 9.71. The van der Waals surface area contributed by atoms with Gasteiger partial charge in [-0.15, -0.1) is 0 Å². The van der Waals surface area contributed by atoms with Gasteiger partial charge in [-0.05, 0) is 29.7 Å². The van der Waals surface area contributed by atoms with Crippen LogP contribution in [0, 0.1) is 5.82 Å². The Morgan fingerprint density at radius 1 is 1.19 bits per heavy atom. The monoisotopic (exact) mass is 452 g/mol. The molecule has 1 aromatic carbocycles. The Bertz CT molecular complexity index is 1240. The Labute approximate surface area is 189 Å². The first-order valence-corrected chi connectivity index (χ1v) is 10.8. The van der Waals surface area contributed by atoms with Crippen LogP contribution in [-0.2, 0) is 11.2 Å². The molecule has 7 nitrogen and oxygen atoms in total. The van der Waals surface area contributed by atoms with Crippen LogP contribution in [-0.4, -0.2) is 46.2 Å². The van der Waals surface area contributed by atoms with Crippen LogP contribution in [0.5, 0.6) is 0 Å². The lowest BCUT2D eigenvalue weighted by atomic mass is 10.0. The van der Waals surface area contributed by atoms with Crippen LogP contribution in [0.1, 0.15) is 17.2 Å².